The molecule has 0 unspecified atom stereocenters. The number of hydrogen-bond donors (Lipinski definition) is 0. The third kappa shape index (κ3) is 20.0. The summed E-state index contributed by atoms with van der Waals surface area (Å²) in [6.07, 6.45) is 0. The van der Waals surface area contributed by atoms with Crippen molar-refractivity contribution < 1.29 is 2.85 Å². The van der Waals surface area contributed by atoms with Crippen LogP contribution in [-0.2, 0) is 0 Å². The van der Waals surface area contributed by atoms with E-state index < -0.39 is 5.98 Å². The predicted molar refractivity (Wildman–Crippen MR) is 32.5 cm³/mol. The van der Waals surface area contributed by atoms with Gasteiger partial charge in [-0.3, -0.25) is 0 Å². The van der Waals surface area contributed by atoms with Gasteiger partial charge in [-0.25, -0.2) is 0 Å². The van der Waals surface area contributed by atoms with Crippen LogP contribution in [0.5, 0.6) is 0 Å². The molecule has 0 aliphatic rings. The van der Waals surface area contributed by atoms with E-state index in [1.54, 1.807) is 0 Å². The van der Waals surface area contributed by atoms with Crippen molar-refractivity contribution in [1.29, 1.82) is 0 Å². The van der Waals surface area contributed by atoms with Crippen LogP contribution in [0.25, 0.3) is 0 Å². The van der Waals surface area contributed by atoms with E-state index >= 15 is 0 Å². The maximum Gasteiger partial charge on any atom is 2.00 e. The minimum atomic E-state index is -1.20. The van der Waals surface area contributed by atoms with E-state index in [9.17, 15) is 0 Å². The maximum atomic E-state index is 4.87. The zero-order chi connectivity index (χ0) is 3.58. The Hall–Kier alpha value is 2.78. The molecule has 0 saturated heterocycles. The van der Waals surface area contributed by atoms with Crippen LogP contribution >= 0.6 is 39.7 Å². The molecule has 0 radical (unpaired) electrons. The van der Waals surface area contributed by atoms with Crippen LogP contribution in [0, 0.1) is 0 Å². The summed E-state index contributed by atoms with van der Waals surface area (Å²) in [5, 5.41) is 0. The summed E-state index contributed by atoms with van der Waals surface area (Å²) in [7, 11) is 0. The van der Waals surface area contributed by atoms with Crippen molar-refractivity contribution in [2.75, 3.05) is 0 Å². The minimum absolute atomic E-state index is 0. The van der Waals surface area contributed by atoms with E-state index in [1.165, 1.54) is 0 Å². The molecule has 5 heavy (non-hydrogen) atoms. The molecular formula is H2Cl3PSr. The number of halogens is 3. The summed E-state index contributed by atoms with van der Waals surface area (Å²) in [6, 6.07) is 0. The zero-order valence-corrected chi connectivity index (χ0v) is 8.93. The molecule has 30 valence electrons. The molecule has 0 atom stereocenters. The van der Waals surface area contributed by atoms with Gasteiger partial charge in [0.15, 0.2) is 5.98 Å². The molecule has 0 fully saturated rings. The predicted octanol–water partition coefficient (Wildman–Crippen LogP) is 2.77. The molecule has 0 aromatic rings. The quantitative estimate of drug-likeness (QED) is 0.440. The van der Waals surface area contributed by atoms with Crippen LogP contribution in [-0.4, -0.2) is 45.5 Å². The Bertz CT molecular complexity index is 17.7. The van der Waals surface area contributed by atoms with Gasteiger partial charge in [0.1, 0.15) is 0 Å². The molecule has 0 spiro atoms. The van der Waals surface area contributed by atoms with E-state index in [2.05, 4.69) is 0 Å². The second-order valence-corrected chi connectivity index (χ2v) is 5.17. The molecule has 0 aromatic carbocycles. The van der Waals surface area contributed by atoms with Gasteiger partial charge < -0.3 is 2.85 Å². The van der Waals surface area contributed by atoms with Gasteiger partial charge >= 0.3 is 45.5 Å². The Balaban J connectivity index is -0.0000000150. The molecule has 0 N–H and O–H groups in total. The first-order valence-corrected chi connectivity index (χ1v) is 4.56. The van der Waals surface area contributed by atoms with Crippen molar-refractivity contribution in [3.8, 4) is 0 Å². The summed E-state index contributed by atoms with van der Waals surface area (Å²) in [5.41, 5.74) is 0. The summed E-state index contributed by atoms with van der Waals surface area (Å²) in [6.45, 7) is 0. The Morgan fingerprint density at radius 3 is 1.20 bits per heavy atom. The topological polar surface area (TPSA) is 0 Å². The first kappa shape index (κ1) is 10.7. The minimum Gasteiger partial charge on any atom is -1.00 e. The molecule has 0 rings (SSSR count). The molecule has 0 saturated carbocycles. The maximum absolute atomic E-state index is 4.87. The molecule has 0 aliphatic heterocycles. The van der Waals surface area contributed by atoms with Gasteiger partial charge in [0.2, 0.25) is 0 Å². The van der Waals surface area contributed by atoms with Crippen LogP contribution in [0.15, 0.2) is 0 Å². The van der Waals surface area contributed by atoms with Gasteiger partial charge in [-0.1, -0.05) is 33.7 Å². The summed E-state index contributed by atoms with van der Waals surface area (Å²) >= 11 is 14.6. The molecule has 5 heteroatoms. The SMILES string of the molecule is ClP(Cl)Cl.[H-].[H-].[Sr+2]. The second kappa shape index (κ2) is 6.78. The summed E-state index contributed by atoms with van der Waals surface area (Å²) in [5.74, 6) is -1.20. The Kier molecular flexibility index (Phi) is 14.5. The van der Waals surface area contributed by atoms with E-state index in [0.29, 0.717) is 0 Å². The van der Waals surface area contributed by atoms with Crippen LogP contribution in [0.3, 0.4) is 0 Å². The molecule has 0 nitrogen and oxygen atoms in total. The van der Waals surface area contributed by atoms with Crippen LogP contribution < -0.4 is 0 Å². The van der Waals surface area contributed by atoms with Gasteiger partial charge in [0.25, 0.3) is 0 Å². The monoisotopic (exact) mass is 226 g/mol. The van der Waals surface area contributed by atoms with Crippen molar-refractivity contribution in [1.82, 2.24) is 0 Å². The first-order valence-electron chi connectivity index (χ1n) is 0.507. The van der Waals surface area contributed by atoms with Crippen molar-refractivity contribution in [3.05, 3.63) is 0 Å². The third-order valence-corrected chi connectivity index (χ3v) is 0. The van der Waals surface area contributed by atoms with Crippen molar-refractivity contribution in [2.45, 2.75) is 0 Å². The average Bonchev–Trinajstić information content (AvgIpc) is 0.811. The zero-order valence-electron chi connectivity index (χ0n) is 4.29. The van der Waals surface area contributed by atoms with Gasteiger partial charge in [0, 0.05) is 0 Å². The van der Waals surface area contributed by atoms with E-state index in [0.717, 1.165) is 0 Å². The van der Waals surface area contributed by atoms with Crippen molar-refractivity contribution in [2.24, 2.45) is 0 Å². The fraction of sp³-hybridized carbons (Fsp3) is 0. The molecule has 0 aliphatic carbocycles. The van der Waals surface area contributed by atoms with Gasteiger partial charge in [-0.15, -0.1) is 0 Å². The van der Waals surface area contributed by atoms with E-state index in [-0.39, 0.29) is 48.3 Å². The Morgan fingerprint density at radius 1 is 1.20 bits per heavy atom. The normalized spacial score (nSPS) is 7.20. The fourth-order valence-electron chi connectivity index (χ4n) is 0. The standard InChI is InChI=1S/Cl3P.Sr.2H/c1-4(2)3;;;/q;+2;2*-1. The Labute approximate surface area is 86.5 Å². The Morgan fingerprint density at radius 2 is 1.20 bits per heavy atom. The largest absolute Gasteiger partial charge is 2.00 e. The molecule has 0 bridgehead atoms. The smallest absolute Gasteiger partial charge is 1.00 e. The van der Waals surface area contributed by atoms with Crippen molar-refractivity contribution >= 4 is 85.2 Å². The fourth-order valence-corrected chi connectivity index (χ4v) is 0. The van der Waals surface area contributed by atoms with Crippen LogP contribution in [0.2, 0.25) is 0 Å². The number of hydrogen-bond acceptors (Lipinski definition) is 0. The molecule has 0 heterocycles. The number of rotatable bonds is 0. The summed E-state index contributed by atoms with van der Waals surface area (Å²) in [4.78, 5) is 0. The summed E-state index contributed by atoms with van der Waals surface area (Å²) < 4.78 is 0. The first-order chi connectivity index (χ1) is 1.73. The van der Waals surface area contributed by atoms with Crippen molar-refractivity contribution in [3.63, 3.8) is 0 Å². The van der Waals surface area contributed by atoms with Gasteiger partial charge in [-0.2, -0.15) is 0 Å². The molecule has 0 aromatic heterocycles. The third-order valence-electron chi connectivity index (χ3n) is 0. The molecule has 0 amide bonds. The molecular weight excluding hydrogens is 225 g/mol. The van der Waals surface area contributed by atoms with E-state index in [4.69, 9.17) is 33.7 Å². The van der Waals surface area contributed by atoms with Crippen LogP contribution in [0.1, 0.15) is 2.85 Å². The van der Waals surface area contributed by atoms with Gasteiger partial charge in [-0.05, 0) is 0 Å². The van der Waals surface area contributed by atoms with Gasteiger partial charge in [0.05, 0.1) is 0 Å². The average molecular weight is 227 g/mol. The van der Waals surface area contributed by atoms with E-state index in [1.807, 2.05) is 0 Å². The second-order valence-electron chi connectivity index (χ2n) is 0.192. The van der Waals surface area contributed by atoms with Crippen LogP contribution in [0.4, 0.5) is 0 Å².